The highest BCUT2D eigenvalue weighted by atomic mass is 15.0. The molecule has 1 fully saturated rings. The standard InChI is InChI=1S/C12H20N2/c1-10(2)11-3-5-12(6-4-11)14-8-7-13-9-14/h7-12H,3-6H2,1-2H3. The highest BCUT2D eigenvalue weighted by molar-refractivity contribution is 4.84. The smallest absolute Gasteiger partial charge is 0.0948 e. The summed E-state index contributed by atoms with van der Waals surface area (Å²) in [5, 5.41) is 0. The number of rotatable bonds is 2. The molecule has 2 nitrogen and oxygen atoms in total. The molecule has 14 heavy (non-hydrogen) atoms. The van der Waals surface area contributed by atoms with Gasteiger partial charge in [-0.15, -0.1) is 0 Å². The summed E-state index contributed by atoms with van der Waals surface area (Å²) in [5.74, 6) is 1.81. The van der Waals surface area contributed by atoms with Gasteiger partial charge in [-0.1, -0.05) is 13.8 Å². The van der Waals surface area contributed by atoms with Crippen LogP contribution in [0.1, 0.15) is 45.6 Å². The predicted molar refractivity (Wildman–Crippen MR) is 58.1 cm³/mol. The molecule has 0 saturated heterocycles. The zero-order valence-electron chi connectivity index (χ0n) is 9.19. The van der Waals surface area contributed by atoms with Gasteiger partial charge in [0, 0.05) is 18.4 Å². The molecule has 0 aliphatic heterocycles. The van der Waals surface area contributed by atoms with E-state index < -0.39 is 0 Å². The Kier molecular flexibility index (Phi) is 2.90. The van der Waals surface area contributed by atoms with Crippen molar-refractivity contribution in [1.29, 1.82) is 0 Å². The minimum Gasteiger partial charge on any atom is -0.334 e. The van der Waals surface area contributed by atoms with E-state index in [2.05, 4.69) is 29.6 Å². The van der Waals surface area contributed by atoms with E-state index in [1.54, 1.807) is 0 Å². The van der Waals surface area contributed by atoms with E-state index in [0.29, 0.717) is 6.04 Å². The second-order valence-corrected chi connectivity index (χ2v) is 4.82. The van der Waals surface area contributed by atoms with Gasteiger partial charge in [-0.05, 0) is 37.5 Å². The molecular formula is C12H20N2. The maximum Gasteiger partial charge on any atom is 0.0948 e. The molecule has 78 valence electrons. The molecule has 1 heterocycles. The number of nitrogens with zero attached hydrogens (tertiary/aromatic N) is 2. The fraction of sp³-hybridized carbons (Fsp3) is 0.750. The summed E-state index contributed by atoms with van der Waals surface area (Å²) in [6, 6.07) is 0.715. The third kappa shape index (κ3) is 1.99. The van der Waals surface area contributed by atoms with Gasteiger partial charge < -0.3 is 4.57 Å². The molecule has 2 heteroatoms. The second kappa shape index (κ2) is 4.16. The normalized spacial score (nSPS) is 28.2. The predicted octanol–water partition coefficient (Wildman–Crippen LogP) is 3.27. The zero-order valence-corrected chi connectivity index (χ0v) is 9.19. The van der Waals surface area contributed by atoms with E-state index >= 15 is 0 Å². The Hall–Kier alpha value is -0.790. The van der Waals surface area contributed by atoms with Crippen LogP contribution in [0.2, 0.25) is 0 Å². The average molecular weight is 192 g/mol. The first-order valence-corrected chi connectivity index (χ1v) is 5.75. The molecule has 1 aliphatic rings. The van der Waals surface area contributed by atoms with Crippen molar-refractivity contribution in [2.45, 2.75) is 45.6 Å². The Balaban J connectivity index is 1.90. The summed E-state index contributed by atoms with van der Waals surface area (Å²) in [4.78, 5) is 4.11. The maximum atomic E-state index is 4.11. The molecule has 0 atom stereocenters. The van der Waals surface area contributed by atoms with Crippen molar-refractivity contribution in [3.05, 3.63) is 18.7 Å². The Morgan fingerprint density at radius 2 is 1.93 bits per heavy atom. The summed E-state index contributed by atoms with van der Waals surface area (Å²) < 4.78 is 2.27. The lowest BCUT2D eigenvalue weighted by molar-refractivity contribution is 0.225. The van der Waals surface area contributed by atoms with Gasteiger partial charge >= 0.3 is 0 Å². The minimum atomic E-state index is 0.715. The number of imidazole rings is 1. The molecular weight excluding hydrogens is 172 g/mol. The van der Waals surface area contributed by atoms with Crippen LogP contribution in [0.25, 0.3) is 0 Å². The van der Waals surface area contributed by atoms with Crippen LogP contribution < -0.4 is 0 Å². The summed E-state index contributed by atoms with van der Waals surface area (Å²) >= 11 is 0. The third-order valence-corrected chi connectivity index (χ3v) is 3.63. The molecule has 1 aromatic heterocycles. The van der Waals surface area contributed by atoms with Gasteiger partial charge in [0.1, 0.15) is 0 Å². The molecule has 1 aliphatic carbocycles. The van der Waals surface area contributed by atoms with Gasteiger partial charge in [0.15, 0.2) is 0 Å². The average Bonchev–Trinajstić information content (AvgIpc) is 2.71. The molecule has 2 rings (SSSR count). The Morgan fingerprint density at radius 3 is 2.43 bits per heavy atom. The molecule has 0 N–H and O–H groups in total. The fourth-order valence-electron chi connectivity index (χ4n) is 2.55. The number of hydrogen-bond donors (Lipinski definition) is 0. The summed E-state index contributed by atoms with van der Waals surface area (Å²) in [6.45, 7) is 4.70. The molecule has 1 saturated carbocycles. The lowest BCUT2D eigenvalue weighted by atomic mass is 9.80. The van der Waals surface area contributed by atoms with E-state index in [4.69, 9.17) is 0 Å². The first kappa shape index (κ1) is 9.75. The van der Waals surface area contributed by atoms with Crippen molar-refractivity contribution in [2.75, 3.05) is 0 Å². The largest absolute Gasteiger partial charge is 0.334 e. The number of hydrogen-bond acceptors (Lipinski definition) is 1. The van der Waals surface area contributed by atoms with Crippen molar-refractivity contribution in [2.24, 2.45) is 11.8 Å². The fourth-order valence-corrected chi connectivity index (χ4v) is 2.55. The van der Waals surface area contributed by atoms with Gasteiger partial charge in [0.25, 0.3) is 0 Å². The van der Waals surface area contributed by atoms with E-state index in [0.717, 1.165) is 11.8 Å². The minimum absolute atomic E-state index is 0.715. The van der Waals surface area contributed by atoms with Crippen LogP contribution in [0.15, 0.2) is 18.7 Å². The van der Waals surface area contributed by atoms with Gasteiger partial charge in [-0.25, -0.2) is 4.98 Å². The maximum absolute atomic E-state index is 4.11. The van der Waals surface area contributed by atoms with E-state index in [1.165, 1.54) is 25.7 Å². The zero-order chi connectivity index (χ0) is 9.97. The molecule has 0 spiro atoms. The van der Waals surface area contributed by atoms with Crippen LogP contribution in [-0.2, 0) is 0 Å². The van der Waals surface area contributed by atoms with Crippen LogP contribution in [-0.4, -0.2) is 9.55 Å². The Bertz CT molecular complexity index is 256. The van der Waals surface area contributed by atoms with Crippen molar-refractivity contribution in [1.82, 2.24) is 9.55 Å². The molecule has 1 aromatic rings. The molecule has 0 bridgehead atoms. The van der Waals surface area contributed by atoms with Crippen LogP contribution in [0.5, 0.6) is 0 Å². The lowest BCUT2D eigenvalue weighted by Gasteiger charge is -2.31. The van der Waals surface area contributed by atoms with Crippen LogP contribution in [0.4, 0.5) is 0 Å². The van der Waals surface area contributed by atoms with E-state index in [-0.39, 0.29) is 0 Å². The van der Waals surface area contributed by atoms with Gasteiger partial charge in [0.2, 0.25) is 0 Å². The van der Waals surface area contributed by atoms with Crippen molar-refractivity contribution >= 4 is 0 Å². The number of aromatic nitrogens is 2. The highest BCUT2D eigenvalue weighted by Gasteiger charge is 2.23. The summed E-state index contributed by atoms with van der Waals surface area (Å²) in [6.07, 6.45) is 11.4. The molecule has 0 amide bonds. The highest BCUT2D eigenvalue weighted by Crippen LogP contribution is 2.35. The first-order valence-electron chi connectivity index (χ1n) is 5.75. The Labute approximate surface area is 86.3 Å². The Morgan fingerprint density at radius 1 is 1.21 bits per heavy atom. The van der Waals surface area contributed by atoms with Crippen molar-refractivity contribution < 1.29 is 0 Å². The van der Waals surface area contributed by atoms with E-state index in [9.17, 15) is 0 Å². The van der Waals surface area contributed by atoms with Crippen molar-refractivity contribution in [3.63, 3.8) is 0 Å². The quantitative estimate of drug-likeness (QED) is 0.703. The van der Waals surface area contributed by atoms with Crippen LogP contribution in [0.3, 0.4) is 0 Å². The van der Waals surface area contributed by atoms with Gasteiger partial charge in [0.05, 0.1) is 6.33 Å². The molecule has 0 aromatic carbocycles. The monoisotopic (exact) mass is 192 g/mol. The van der Waals surface area contributed by atoms with Crippen LogP contribution in [0, 0.1) is 11.8 Å². The summed E-state index contributed by atoms with van der Waals surface area (Å²) in [5.41, 5.74) is 0. The van der Waals surface area contributed by atoms with Crippen molar-refractivity contribution in [3.8, 4) is 0 Å². The summed E-state index contributed by atoms with van der Waals surface area (Å²) in [7, 11) is 0. The third-order valence-electron chi connectivity index (χ3n) is 3.63. The lowest BCUT2D eigenvalue weighted by Crippen LogP contribution is -2.20. The van der Waals surface area contributed by atoms with Gasteiger partial charge in [-0.3, -0.25) is 0 Å². The molecule has 0 unspecified atom stereocenters. The van der Waals surface area contributed by atoms with E-state index in [1.807, 2.05) is 12.5 Å². The first-order chi connectivity index (χ1) is 6.77. The molecule has 0 radical (unpaired) electrons. The van der Waals surface area contributed by atoms with Gasteiger partial charge in [-0.2, -0.15) is 0 Å². The second-order valence-electron chi connectivity index (χ2n) is 4.82. The van der Waals surface area contributed by atoms with Crippen LogP contribution >= 0.6 is 0 Å². The topological polar surface area (TPSA) is 17.8 Å². The SMILES string of the molecule is CC(C)C1CCC(n2ccnc2)CC1.